The molecule has 2 heterocycles. The molecule has 4 rings (SSSR count). The number of aromatic nitrogens is 5. The first-order valence-electron chi connectivity index (χ1n) is 11.1. The number of H-pyrrole nitrogens is 1. The number of aromatic carboxylic acids is 2. The Labute approximate surface area is 199 Å². The van der Waals surface area contributed by atoms with Gasteiger partial charge in [0.05, 0.1) is 5.56 Å². The molecule has 10 nitrogen and oxygen atoms in total. The van der Waals surface area contributed by atoms with Crippen LogP contribution in [0.4, 0.5) is 0 Å². The highest BCUT2D eigenvalue weighted by molar-refractivity contribution is 5.94. The number of hydrogen-bond acceptors (Lipinski definition) is 6. The van der Waals surface area contributed by atoms with Gasteiger partial charge in [0.2, 0.25) is 0 Å². The van der Waals surface area contributed by atoms with Crippen LogP contribution in [-0.4, -0.2) is 47.3 Å². The summed E-state index contributed by atoms with van der Waals surface area (Å²) < 4.78 is 1.29. The van der Waals surface area contributed by atoms with Crippen LogP contribution in [0.5, 0.6) is 0 Å². The van der Waals surface area contributed by atoms with E-state index in [9.17, 15) is 24.6 Å². The molecule has 0 radical (unpaired) electrons. The third kappa shape index (κ3) is 4.86. The Morgan fingerprint density at radius 2 is 1.66 bits per heavy atom. The van der Waals surface area contributed by atoms with Gasteiger partial charge >= 0.3 is 11.9 Å². The lowest BCUT2D eigenvalue weighted by Gasteiger charge is -2.17. The van der Waals surface area contributed by atoms with E-state index in [0.717, 1.165) is 34.7 Å². The lowest BCUT2D eigenvalue weighted by Crippen LogP contribution is -2.31. The minimum atomic E-state index is -1.45. The highest BCUT2D eigenvalue weighted by Gasteiger charge is 2.22. The van der Waals surface area contributed by atoms with E-state index >= 15 is 0 Å². The summed E-state index contributed by atoms with van der Waals surface area (Å²) in [6.07, 6.45) is 1.54. The van der Waals surface area contributed by atoms with Crippen LogP contribution in [0.1, 0.15) is 51.7 Å². The Kier molecular flexibility index (Phi) is 6.81. The number of benzene rings is 2. The SMILES string of the molecule is CCCCn1c(Cc2ccc(-c3ccccc3-c3nnn[nH]3)cc2)c(C(=O)O)cc(C(=O)O)c1=O. The number of aromatic amines is 1. The predicted octanol–water partition coefficient (Wildman–Crippen LogP) is 3.48. The summed E-state index contributed by atoms with van der Waals surface area (Å²) in [4.78, 5) is 36.4. The molecule has 2 aromatic carbocycles. The quantitative estimate of drug-likeness (QED) is 0.334. The zero-order valence-corrected chi connectivity index (χ0v) is 18.9. The van der Waals surface area contributed by atoms with E-state index in [4.69, 9.17) is 0 Å². The van der Waals surface area contributed by atoms with Crippen LogP contribution in [0.3, 0.4) is 0 Å². The van der Waals surface area contributed by atoms with E-state index in [2.05, 4.69) is 20.6 Å². The smallest absolute Gasteiger partial charge is 0.341 e. The Morgan fingerprint density at radius 1 is 0.971 bits per heavy atom. The second kappa shape index (κ2) is 10.1. The maximum Gasteiger partial charge on any atom is 0.341 e. The molecule has 0 amide bonds. The zero-order valence-electron chi connectivity index (χ0n) is 18.9. The van der Waals surface area contributed by atoms with Crippen molar-refractivity contribution >= 4 is 11.9 Å². The fourth-order valence-corrected chi connectivity index (χ4v) is 3.99. The van der Waals surface area contributed by atoms with E-state index in [1.165, 1.54) is 4.57 Å². The number of nitrogens with one attached hydrogen (secondary N) is 1. The van der Waals surface area contributed by atoms with E-state index in [1.54, 1.807) is 0 Å². The number of tetrazole rings is 1. The maximum absolute atomic E-state index is 12.9. The van der Waals surface area contributed by atoms with Crippen LogP contribution in [0, 0.1) is 0 Å². The molecule has 0 saturated heterocycles. The Hall–Kier alpha value is -4.60. The monoisotopic (exact) mass is 473 g/mol. The van der Waals surface area contributed by atoms with E-state index in [-0.39, 0.29) is 24.2 Å². The number of pyridine rings is 1. The van der Waals surface area contributed by atoms with Crippen LogP contribution in [0.15, 0.2) is 59.4 Å². The average Bonchev–Trinajstić information content (AvgIpc) is 3.39. The topological polar surface area (TPSA) is 151 Å². The van der Waals surface area contributed by atoms with Gasteiger partial charge in [0.15, 0.2) is 5.82 Å². The van der Waals surface area contributed by atoms with Crippen molar-refractivity contribution < 1.29 is 19.8 Å². The van der Waals surface area contributed by atoms with Crippen LogP contribution >= 0.6 is 0 Å². The highest BCUT2D eigenvalue weighted by atomic mass is 16.4. The molecule has 3 N–H and O–H groups in total. The number of carboxylic acid groups (broad SMARTS) is 2. The van der Waals surface area contributed by atoms with Crippen molar-refractivity contribution in [3.8, 4) is 22.5 Å². The lowest BCUT2D eigenvalue weighted by molar-refractivity contribution is 0.0693. The van der Waals surface area contributed by atoms with Crippen molar-refractivity contribution in [1.82, 2.24) is 25.2 Å². The fraction of sp³-hybridized carbons (Fsp3) is 0.200. The first-order valence-corrected chi connectivity index (χ1v) is 11.1. The largest absolute Gasteiger partial charge is 0.478 e. The van der Waals surface area contributed by atoms with Crippen molar-refractivity contribution in [3.05, 3.63) is 87.3 Å². The molecule has 0 spiro atoms. The summed E-state index contributed by atoms with van der Waals surface area (Å²) >= 11 is 0. The summed E-state index contributed by atoms with van der Waals surface area (Å²) in [5.41, 5.74) is 2.28. The van der Waals surface area contributed by atoms with E-state index in [1.807, 2.05) is 55.5 Å². The van der Waals surface area contributed by atoms with Gasteiger partial charge in [0.1, 0.15) is 5.56 Å². The number of carboxylic acids is 2. The van der Waals surface area contributed by atoms with Crippen molar-refractivity contribution in [3.63, 3.8) is 0 Å². The number of carbonyl (C=O) groups is 2. The van der Waals surface area contributed by atoms with Crippen molar-refractivity contribution in [2.45, 2.75) is 32.7 Å². The second-order valence-electron chi connectivity index (χ2n) is 8.01. The second-order valence-corrected chi connectivity index (χ2v) is 8.01. The number of unbranched alkanes of at least 4 members (excludes halogenated alkanes) is 1. The normalized spacial score (nSPS) is 10.9. The Morgan fingerprint density at radius 3 is 2.26 bits per heavy atom. The first kappa shape index (κ1) is 23.6. The van der Waals surface area contributed by atoms with Gasteiger partial charge in [-0.3, -0.25) is 4.79 Å². The van der Waals surface area contributed by atoms with Crippen LogP contribution < -0.4 is 5.56 Å². The number of hydrogen-bond donors (Lipinski definition) is 3. The van der Waals surface area contributed by atoms with Crippen molar-refractivity contribution in [1.29, 1.82) is 0 Å². The first-order chi connectivity index (χ1) is 16.9. The standard InChI is InChI=1S/C25H23N5O5/c1-2-3-12-30-21(19(24(32)33)14-20(23(30)31)25(34)35)13-15-8-10-16(11-9-15)17-6-4-5-7-18(17)22-26-28-29-27-22/h4-11,14H,2-3,12-13H2,1H3,(H,32,33)(H,34,35)(H,26,27,28,29). The van der Waals surface area contributed by atoms with Crippen LogP contribution in [0.25, 0.3) is 22.5 Å². The molecule has 178 valence electrons. The van der Waals surface area contributed by atoms with Gasteiger partial charge in [-0.2, -0.15) is 0 Å². The van der Waals surface area contributed by atoms with Gasteiger partial charge in [-0.25, -0.2) is 14.7 Å². The Balaban J connectivity index is 1.74. The summed E-state index contributed by atoms with van der Waals surface area (Å²) in [6, 6.07) is 16.1. The molecule has 0 unspecified atom stereocenters. The van der Waals surface area contributed by atoms with Gasteiger partial charge in [-0.1, -0.05) is 61.9 Å². The summed E-state index contributed by atoms with van der Waals surface area (Å²) in [6.45, 7) is 2.18. The maximum atomic E-state index is 12.9. The predicted molar refractivity (Wildman–Crippen MR) is 127 cm³/mol. The van der Waals surface area contributed by atoms with Gasteiger partial charge in [0, 0.05) is 24.2 Å². The molecular weight excluding hydrogens is 450 g/mol. The Bertz CT molecular complexity index is 1430. The molecule has 0 bridgehead atoms. The average molecular weight is 473 g/mol. The summed E-state index contributed by atoms with van der Waals surface area (Å²) in [5.74, 6) is -2.19. The third-order valence-corrected chi connectivity index (χ3v) is 5.76. The van der Waals surface area contributed by atoms with Crippen LogP contribution in [0.2, 0.25) is 0 Å². The van der Waals surface area contributed by atoms with Crippen molar-refractivity contribution in [2.24, 2.45) is 0 Å². The molecule has 0 saturated carbocycles. The molecule has 0 aliphatic heterocycles. The minimum Gasteiger partial charge on any atom is -0.478 e. The van der Waals surface area contributed by atoms with Crippen LogP contribution in [-0.2, 0) is 13.0 Å². The molecule has 0 aliphatic carbocycles. The van der Waals surface area contributed by atoms with E-state index in [0.29, 0.717) is 12.2 Å². The van der Waals surface area contributed by atoms with Gasteiger partial charge in [0.25, 0.3) is 5.56 Å². The van der Waals surface area contributed by atoms with E-state index < -0.39 is 23.1 Å². The lowest BCUT2D eigenvalue weighted by atomic mass is 9.96. The molecule has 0 aliphatic rings. The third-order valence-electron chi connectivity index (χ3n) is 5.76. The van der Waals surface area contributed by atoms with Crippen molar-refractivity contribution in [2.75, 3.05) is 0 Å². The zero-order chi connectivity index (χ0) is 24.9. The summed E-state index contributed by atoms with van der Waals surface area (Å²) in [5, 5.41) is 33.2. The number of rotatable bonds is 9. The molecule has 0 atom stereocenters. The minimum absolute atomic E-state index is 0.161. The molecular formula is C25H23N5O5. The number of nitrogens with zero attached hydrogens (tertiary/aromatic N) is 4. The highest BCUT2D eigenvalue weighted by Crippen LogP contribution is 2.30. The van der Waals surface area contributed by atoms with Gasteiger partial charge < -0.3 is 14.8 Å². The molecule has 10 heteroatoms. The van der Waals surface area contributed by atoms with Gasteiger partial charge in [-0.05, 0) is 39.6 Å². The van der Waals surface area contributed by atoms with Gasteiger partial charge in [-0.15, -0.1) is 5.10 Å². The fourth-order valence-electron chi connectivity index (χ4n) is 3.99. The molecule has 35 heavy (non-hydrogen) atoms. The molecule has 0 fully saturated rings. The molecule has 2 aromatic heterocycles. The summed E-state index contributed by atoms with van der Waals surface area (Å²) in [7, 11) is 0. The molecule has 4 aromatic rings.